The van der Waals surface area contributed by atoms with Crippen molar-refractivity contribution in [3.8, 4) is 0 Å². The molecule has 2 rings (SSSR count). The van der Waals surface area contributed by atoms with Crippen LogP contribution in [-0.2, 0) is 6.54 Å². The van der Waals surface area contributed by atoms with E-state index in [1.165, 1.54) is 17.2 Å². The zero-order valence-electron chi connectivity index (χ0n) is 12.0. The van der Waals surface area contributed by atoms with Gasteiger partial charge in [0, 0.05) is 24.7 Å². The van der Waals surface area contributed by atoms with Gasteiger partial charge in [-0.2, -0.15) is 0 Å². The first-order valence-corrected chi connectivity index (χ1v) is 6.82. The minimum atomic E-state index is -0.167. The molecule has 0 saturated carbocycles. The van der Waals surface area contributed by atoms with Gasteiger partial charge >= 0.3 is 0 Å². The molecule has 0 amide bonds. The number of nitrogens with two attached hydrogens (primary N) is 1. The van der Waals surface area contributed by atoms with E-state index in [0.29, 0.717) is 18.7 Å². The molecule has 106 valence electrons. The summed E-state index contributed by atoms with van der Waals surface area (Å²) in [6.45, 7) is 3.13. The molecule has 0 aliphatic carbocycles. The van der Waals surface area contributed by atoms with Gasteiger partial charge < -0.3 is 5.73 Å². The standard InChI is InChI=1S/C17H21FN2/c1-13-7-3-5-9-15(13)17(11-19)20(2)12-14-8-4-6-10-16(14)18/h3-10,17H,11-12,19H2,1-2H3. The molecule has 0 fully saturated rings. The minimum Gasteiger partial charge on any atom is -0.329 e. The van der Waals surface area contributed by atoms with Crippen molar-refractivity contribution in [3.63, 3.8) is 0 Å². The second-order valence-corrected chi connectivity index (χ2v) is 5.11. The lowest BCUT2D eigenvalue weighted by atomic mass is 10.00. The number of hydrogen-bond acceptors (Lipinski definition) is 2. The van der Waals surface area contributed by atoms with E-state index in [0.717, 1.165) is 0 Å². The van der Waals surface area contributed by atoms with Gasteiger partial charge in [-0.05, 0) is 31.2 Å². The van der Waals surface area contributed by atoms with E-state index < -0.39 is 0 Å². The van der Waals surface area contributed by atoms with Crippen molar-refractivity contribution in [1.82, 2.24) is 4.90 Å². The van der Waals surface area contributed by atoms with Gasteiger partial charge in [-0.1, -0.05) is 42.5 Å². The largest absolute Gasteiger partial charge is 0.329 e. The average molecular weight is 272 g/mol. The van der Waals surface area contributed by atoms with Crippen LogP contribution in [0, 0.1) is 12.7 Å². The zero-order valence-corrected chi connectivity index (χ0v) is 12.0. The van der Waals surface area contributed by atoms with E-state index in [1.54, 1.807) is 6.07 Å². The van der Waals surface area contributed by atoms with Crippen LogP contribution in [0.4, 0.5) is 4.39 Å². The van der Waals surface area contributed by atoms with Crippen LogP contribution >= 0.6 is 0 Å². The molecule has 2 nitrogen and oxygen atoms in total. The summed E-state index contributed by atoms with van der Waals surface area (Å²) < 4.78 is 13.7. The number of nitrogens with zero attached hydrogens (tertiary/aromatic N) is 1. The van der Waals surface area contributed by atoms with Gasteiger partial charge in [0.15, 0.2) is 0 Å². The van der Waals surface area contributed by atoms with Gasteiger partial charge in [-0.25, -0.2) is 4.39 Å². The molecule has 2 aromatic rings. The summed E-state index contributed by atoms with van der Waals surface area (Å²) >= 11 is 0. The number of likely N-dealkylation sites (N-methyl/N-ethyl adjacent to an activating group) is 1. The molecule has 0 heterocycles. The Labute approximate surface area is 120 Å². The third-order valence-electron chi connectivity index (χ3n) is 3.68. The molecule has 0 bridgehead atoms. The summed E-state index contributed by atoms with van der Waals surface area (Å²) in [6.07, 6.45) is 0. The molecule has 0 aliphatic rings. The number of aryl methyl sites for hydroxylation is 1. The number of rotatable bonds is 5. The summed E-state index contributed by atoms with van der Waals surface area (Å²) in [7, 11) is 1.98. The van der Waals surface area contributed by atoms with Crippen LogP contribution in [0.5, 0.6) is 0 Å². The van der Waals surface area contributed by atoms with Crippen LogP contribution in [0.3, 0.4) is 0 Å². The lowest BCUT2D eigenvalue weighted by molar-refractivity contribution is 0.238. The Morgan fingerprint density at radius 3 is 2.40 bits per heavy atom. The van der Waals surface area contributed by atoms with E-state index in [9.17, 15) is 4.39 Å². The third kappa shape index (κ3) is 3.24. The van der Waals surface area contributed by atoms with Crippen molar-refractivity contribution in [2.75, 3.05) is 13.6 Å². The Hall–Kier alpha value is -1.71. The van der Waals surface area contributed by atoms with Gasteiger partial charge in [0.25, 0.3) is 0 Å². The Balaban J connectivity index is 2.20. The summed E-state index contributed by atoms with van der Waals surface area (Å²) in [4.78, 5) is 2.10. The predicted octanol–water partition coefficient (Wildman–Crippen LogP) is 3.27. The van der Waals surface area contributed by atoms with E-state index in [1.807, 2.05) is 31.3 Å². The van der Waals surface area contributed by atoms with Crippen molar-refractivity contribution in [3.05, 3.63) is 71.0 Å². The van der Waals surface area contributed by atoms with E-state index in [4.69, 9.17) is 5.73 Å². The molecule has 0 aliphatic heterocycles. The minimum absolute atomic E-state index is 0.0933. The number of hydrogen-bond donors (Lipinski definition) is 1. The van der Waals surface area contributed by atoms with Crippen LogP contribution < -0.4 is 5.73 Å². The zero-order chi connectivity index (χ0) is 14.5. The first kappa shape index (κ1) is 14.7. The van der Waals surface area contributed by atoms with E-state index in [-0.39, 0.29) is 11.9 Å². The molecule has 2 aromatic carbocycles. The molecule has 1 atom stereocenters. The van der Waals surface area contributed by atoms with Crippen LogP contribution in [-0.4, -0.2) is 18.5 Å². The van der Waals surface area contributed by atoms with Crippen LogP contribution in [0.1, 0.15) is 22.7 Å². The molecule has 0 spiro atoms. The Kier molecular flexibility index (Phi) is 4.88. The number of halogens is 1. The number of benzene rings is 2. The highest BCUT2D eigenvalue weighted by Crippen LogP contribution is 2.23. The molecule has 0 radical (unpaired) electrons. The lowest BCUT2D eigenvalue weighted by Crippen LogP contribution is -2.31. The van der Waals surface area contributed by atoms with Crippen molar-refractivity contribution < 1.29 is 4.39 Å². The van der Waals surface area contributed by atoms with E-state index in [2.05, 4.69) is 24.0 Å². The maximum Gasteiger partial charge on any atom is 0.127 e. The fraction of sp³-hybridized carbons (Fsp3) is 0.294. The maximum atomic E-state index is 13.7. The molecule has 0 saturated heterocycles. The molecule has 3 heteroatoms. The average Bonchev–Trinajstić information content (AvgIpc) is 2.44. The van der Waals surface area contributed by atoms with Gasteiger partial charge in [-0.15, -0.1) is 0 Å². The fourth-order valence-corrected chi connectivity index (χ4v) is 2.51. The molecular weight excluding hydrogens is 251 g/mol. The summed E-state index contributed by atoms with van der Waals surface area (Å²) in [5.74, 6) is -0.167. The second-order valence-electron chi connectivity index (χ2n) is 5.11. The predicted molar refractivity (Wildman–Crippen MR) is 80.8 cm³/mol. The molecular formula is C17H21FN2. The first-order chi connectivity index (χ1) is 9.63. The van der Waals surface area contributed by atoms with E-state index >= 15 is 0 Å². The lowest BCUT2D eigenvalue weighted by Gasteiger charge is -2.28. The van der Waals surface area contributed by atoms with Crippen molar-refractivity contribution >= 4 is 0 Å². The summed E-state index contributed by atoms with van der Waals surface area (Å²) in [5, 5.41) is 0. The molecule has 2 N–H and O–H groups in total. The highest BCUT2D eigenvalue weighted by atomic mass is 19.1. The SMILES string of the molecule is Cc1ccccc1C(CN)N(C)Cc1ccccc1F. The van der Waals surface area contributed by atoms with Gasteiger partial charge in [0.2, 0.25) is 0 Å². The van der Waals surface area contributed by atoms with Gasteiger partial charge in [-0.3, -0.25) is 4.90 Å². The van der Waals surface area contributed by atoms with Crippen molar-refractivity contribution in [2.45, 2.75) is 19.5 Å². The summed E-state index contributed by atoms with van der Waals surface area (Å²) in [6, 6.07) is 15.2. The Morgan fingerprint density at radius 2 is 1.75 bits per heavy atom. The molecule has 1 unspecified atom stereocenters. The van der Waals surface area contributed by atoms with Crippen molar-refractivity contribution in [2.24, 2.45) is 5.73 Å². The quantitative estimate of drug-likeness (QED) is 0.905. The molecule has 20 heavy (non-hydrogen) atoms. The Morgan fingerprint density at radius 1 is 1.10 bits per heavy atom. The van der Waals surface area contributed by atoms with Crippen LogP contribution in [0.2, 0.25) is 0 Å². The topological polar surface area (TPSA) is 29.3 Å². The first-order valence-electron chi connectivity index (χ1n) is 6.82. The van der Waals surface area contributed by atoms with Gasteiger partial charge in [0.05, 0.1) is 0 Å². The smallest absolute Gasteiger partial charge is 0.127 e. The fourth-order valence-electron chi connectivity index (χ4n) is 2.51. The highest BCUT2D eigenvalue weighted by Gasteiger charge is 2.18. The Bertz CT molecular complexity index is 568. The normalized spacial score (nSPS) is 12.7. The monoisotopic (exact) mass is 272 g/mol. The third-order valence-corrected chi connectivity index (χ3v) is 3.68. The highest BCUT2D eigenvalue weighted by molar-refractivity contribution is 5.29. The molecule has 0 aromatic heterocycles. The maximum absolute atomic E-state index is 13.7. The second kappa shape index (κ2) is 6.64. The van der Waals surface area contributed by atoms with Crippen molar-refractivity contribution in [1.29, 1.82) is 0 Å². The van der Waals surface area contributed by atoms with Crippen LogP contribution in [0.15, 0.2) is 48.5 Å². The summed E-state index contributed by atoms with van der Waals surface area (Å²) in [5.41, 5.74) is 9.04. The van der Waals surface area contributed by atoms with Crippen LogP contribution in [0.25, 0.3) is 0 Å². The van der Waals surface area contributed by atoms with Gasteiger partial charge in [0.1, 0.15) is 5.82 Å².